The van der Waals surface area contributed by atoms with Crippen LogP contribution >= 0.6 is 0 Å². The summed E-state index contributed by atoms with van der Waals surface area (Å²) in [6.07, 6.45) is 4.88. The van der Waals surface area contributed by atoms with Crippen molar-refractivity contribution in [3.05, 3.63) is 30.3 Å². The van der Waals surface area contributed by atoms with E-state index in [4.69, 9.17) is 0 Å². The van der Waals surface area contributed by atoms with Gasteiger partial charge in [-0.3, -0.25) is 0 Å². The van der Waals surface area contributed by atoms with Crippen LogP contribution in [0.2, 0.25) is 0 Å². The van der Waals surface area contributed by atoms with E-state index in [0.29, 0.717) is 17.8 Å². The molecule has 0 radical (unpaired) electrons. The fourth-order valence-corrected chi connectivity index (χ4v) is 2.88. The number of hydrogen-bond donors (Lipinski definition) is 3. The molecular formula is C17H21N7. The van der Waals surface area contributed by atoms with E-state index >= 15 is 0 Å². The van der Waals surface area contributed by atoms with Crippen molar-refractivity contribution >= 4 is 23.5 Å². The summed E-state index contributed by atoms with van der Waals surface area (Å²) < 4.78 is 0. The van der Waals surface area contributed by atoms with Crippen molar-refractivity contribution in [1.82, 2.24) is 15.0 Å². The van der Waals surface area contributed by atoms with Gasteiger partial charge in [0, 0.05) is 12.7 Å². The maximum atomic E-state index is 9.62. The molecule has 3 N–H and O–H groups in total. The Hall–Kier alpha value is -2.88. The molecule has 2 aromatic rings. The third-order valence-corrected chi connectivity index (χ3v) is 4.16. The first-order valence-corrected chi connectivity index (χ1v) is 8.18. The third-order valence-electron chi connectivity index (χ3n) is 4.16. The second-order valence-electron chi connectivity index (χ2n) is 5.93. The lowest BCUT2D eigenvalue weighted by Crippen LogP contribution is -2.39. The van der Waals surface area contributed by atoms with Crippen LogP contribution in [0, 0.1) is 11.3 Å². The van der Waals surface area contributed by atoms with E-state index in [2.05, 4.69) is 37.0 Å². The van der Waals surface area contributed by atoms with E-state index in [-0.39, 0.29) is 0 Å². The molecule has 1 aromatic carbocycles. The van der Waals surface area contributed by atoms with E-state index in [1.165, 1.54) is 6.42 Å². The minimum Gasteiger partial charge on any atom is -0.357 e. The van der Waals surface area contributed by atoms with Gasteiger partial charge in [0.1, 0.15) is 5.54 Å². The molecule has 1 saturated carbocycles. The molecule has 24 heavy (non-hydrogen) atoms. The van der Waals surface area contributed by atoms with Gasteiger partial charge in [-0.2, -0.15) is 20.2 Å². The smallest absolute Gasteiger partial charge is 0.233 e. The van der Waals surface area contributed by atoms with Crippen LogP contribution in [0.25, 0.3) is 0 Å². The van der Waals surface area contributed by atoms with Crippen LogP contribution in [0.3, 0.4) is 0 Å². The quantitative estimate of drug-likeness (QED) is 0.776. The van der Waals surface area contributed by atoms with Gasteiger partial charge >= 0.3 is 0 Å². The highest BCUT2D eigenvalue weighted by molar-refractivity contribution is 5.55. The molecule has 0 unspecified atom stereocenters. The Morgan fingerprint density at radius 2 is 1.62 bits per heavy atom. The number of nitrogens with zero attached hydrogens (tertiary/aromatic N) is 4. The second kappa shape index (κ2) is 7.13. The fourth-order valence-electron chi connectivity index (χ4n) is 2.88. The van der Waals surface area contributed by atoms with Crippen LogP contribution < -0.4 is 16.0 Å². The topological polar surface area (TPSA) is 98.5 Å². The van der Waals surface area contributed by atoms with E-state index in [1.807, 2.05) is 30.3 Å². The lowest BCUT2D eigenvalue weighted by molar-refractivity contribution is 0.391. The minimum absolute atomic E-state index is 0.413. The highest BCUT2D eigenvalue weighted by Crippen LogP contribution is 2.30. The first kappa shape index (κ1) is 16.0. The van der Waals surface area contributed by atoms with Crippen molar-refractivity contribution in [2.24, 2.45) is 0 Å². The Morgan fingerprint density at radius 3 is 2.29 bits per heavy atom. The minimum atomic E-state index is -0.589. The largest absolute Gasteiger partial charge is 0.357 e. The van der Waals surface area contributed by atoms with Gasteiger partial charge in [0.15, 0.2) is 0 Å². The molecule has 1 aromatic heterocycles. The zero-order chi connectivity index (χ0) is 16.8. The maximum absolute atomic E-state index is 9.62. The van der Waals surface area contributed by atoms with Crippen molar-refractivity contribution in [3.8, 4) is 6.07 Å². The molecule has 3 rings (SSSR count). The average molecular weight is 323 g/mol. The van der Waals surface area contributed by atoms with Gasteiger partial charge in [0.05, 0.1) is 6.07 Å². The van der Waals surface area contributed by atoms with Gasteiger partial charge in [0.25, 0.3) is 0 Å². The molecule has 0 aliphatic heterocycles. The normalized spacial score (nSPS) is 16.0. The molecule has 0 spiro atoms. The third kappa shape index (κ3) is 3.71. The van der Waals surface area contributed by atoms with Crippen molar-refractivity contribution in [1.29, 1.82) is 5.26 Å². The van der Waals surface area contributed by atoms with E-state index in [0.717, 1.165) is 31.4 Å². The maximum Gasteiger partial charge on any atom is 0.233 e. The molecule has 0 amide bonds. The molecule has 1 heterocycles. The molecular weight excluding hydrogens is 302 g/mol. The van der Waals surface area contributed by atoms with Gasteiger partial charge in [-0.25, -0.2) is 0 Å². The average Bonchev–Trinajstić information content (AvgIpc) is 2.63. The summed E-state index contributed by atoms with van der Waals surface area (Å²) in [6.45, 7) is 0. The molecule has 1 aliphatic carbocycles. The number of nitrogens with one attached hydrogen (secondary N) is 3. The Labute approximate surface area is 141 Å². The zero-order valence-corrected chi connectivity index (χ0v) is 13.7. The van der Waals surface area contributed by atoms with E-state index in [9.17, 15) is 5.26 Å². The molecule has 124 valence electrons. The Kier molecular flexibility index (Phi) is 4.75. The summed E-state index contributed by atoms with van der Waals surface area (Å²) in [6, 6.07) is 12.1. The van der Waals surface area contributed by atoms with Crippen LogP contribution in [0.5, 0.6) is 0 Å². The highest BCUT2D eigenvalue weighted by Gasteiger charge is 2.33. The number of para-hydroxylation sites is 1. The Bertz CT molecular complexity index is 717. The predicted molar refractivity (Wildman–Crippen MR) is 94.2 cm³/mol. The van der Waals surface area contributed by atoms with Gasteiger partial charge in [-0.05, 0) is 25.0 Å². The first-order valence-electron chi connectivity index (χ1n) is 8.18. The lowest BCUT2D eigenvalue weighted by Gasteiger charge is -2.31. The summed E-state index contributed by atoms with van der Waals surface area (Å²) in [5.41, 5.74) is 0.304. The molecule has 1 aliphatic rings. The lowest BCUT2D eigenvalue weighted by atomic mass is 9.83. The fraction of sp³-hybridized carbons (Fsp3) is 0.412. The Balaban J connectivity index is 1.85. The zero-order valence-electron chi connectivity index (χ0n) is 13.7. The molecule has 7 nitrogen and oxygen atoms in total. The number of hydrogen-bond acceptors (Lipinski definition) is 7. The number of benzene rings is 1. The Morgan fingerprint density at radius 1 is 0.958 bits per heavy atom. The predicted octanol–water partition coefficient (Wildman–Crippen LogP) is 3.30. The first-order chi connectivity index (χ1) is 11.7. The van der Waals surface area contributed by atoms with Gasteiger partial charge in [0.2, 0.25) is 17.8 Å². The van der Waals surface area contributed by atoms with Crippen LogP contribution in [-0.2, 0) is 0 Å². The monoisotopic (exact) mass is 323 g/mol. The highest BCUT2D eigenvalue weighted by atomic mass is 15.3. The van der Waals surface area contributed by atoms with E-state index < -0.39 is 5.54 Å². The molecule has 0 saturated heterocycles. The molecule has 0 bridgehead atoms. The SMILES string of the molecule is CNc1nc(Nc2ccccc2)nc(NC2(C#N)CCCCC2)n1. The van der Waals surface area contributed by atoms with Crippen LogP contribution in [0.4, 0.5) is 23.5 Å². The molecule has 1 fully saturated rings. The van der Waals surface area contributed by atoms with Crippen molar-refractivity contribution in [2.75, 3.05) is 23.0 Å². The number of anilines is 4. The standard InChI is InChI=1S/C17H21N7/c1-19-14-21-15(20-13-8-4-2-5-9-13)23-16(22-14)24-17(12-18)10-6-3-7-11-17/h2,4-5,8-9H,3,6-7,10-11H2,1H3,(H3,19,20,21,22,23,24). The summed E-state index contributed by atoms with van der Waals surface area (Å²) in [7, 11) is 1.76. The molecule has 7 heteroatoms. The van der Waals surface area contributed by atoms with Crippen LogP contribution in [-0.4, -0.2) is 27.5 Å². The summed E-state index contributed by atoms with van der Waals surface area (Å²) >= 11 is 0. The number of rotatable bonds is 5. The van der Waals surface area contributed by atoms with Crippen molar-refractivity contribution < 1.29 is 0 Å². The summed E-state index contributed by atoms with van der Waals surface area (Å²) in [5.74, 6) is 1.30. The molecule has 0 atom stereocenters. The summed E-state index contributed by atoms with van der Waals surface area (Å²) in [5, 5.41) is 19.0. The van der Waals surface area contributed by atoms with Gasteiger partial charge in [-0.1, -0.05) is 37.5 Å². The number of aromatic nitrogens is 3. The second-order valence-corrected chi connectivity index (χ2v) is 5.93. The van der Waals surface area contributed by atoms with Gasteiger partial charge < -0.3 is 16.0 Å². The van der Waals surface area contributed by atoms with Crippen molar-refractivity contribution in [2.45, 2.75) is 37.6 Å². The van der Waals surface area contributed by atoms with Crippen LogP contribution in [0.15, 0.2) is 30.3 Å². The number of nitriles is 1. The van der Waals surface area contributed by atoms with Gasteiger partial charge in [-0.15, -0.1) is 0 Å². The van der Waals surface area contributed by atoms with E-state index in [1.54, 1.807) is 7.05 Å². The van der Waals surface area contributed by atoms with Crippen molar-refractivity contribution in [3.63, 3.8) is 0 Å². The van der Waals surface area contributed by atoms with Crippen LogP contribution in [0.1, 0.15) is 32.1 Å². The summed E-state index contributed by atoms with van der Waals surface area (Å²) in [4.78, 5) is 13.1.